The van der Waals surface area contributed by atoms with E-state index in [0.717, 1.165) is 9.99 Å². The van der Waals surface area contributed by atoms with Crippen LogP contribution in [0.3, 0.4) is 0 Å². The molecule has 0 unspecified atom stereocenters. The molecule has 0 bridgehead atoms. The van der Waals surface area contributed by atoms with Gasteiger partial charge >= 0.3 is 0 Å². The van der Waals surface area contributed by atoms with E-state index in [4.69, 9.17) is 16.3 Å². The Labute approximate surface area is 126 Å². The Morgan fingerprint density at radius 3 is 2.94 bits per heavy atom. The molecule has 0 aliphatic carbocycles. The van der Waals surface area contributed by atoms with Gasteiger partial charge in [-0.1, -0.05) is 17.7 Å². The lowest BCUT2D eigenvalue weighted by molar-refractivity contribution is 0.0918. The molecule has 0 heterocycles. The first-order valence-corrected chi connectivity index (χ1v) is 7.02. The minimum Gasteiger partial charge on any atom is -0.379 e. The number of carbonyl (C=O) groups is 1. The quantitative estimate of drug-likeness (QED) is 0.449. The standard InChI is InChI=1S/C13H15ClINO2/c1-2-3-7-18-8-6-16-13(17)10-4-5-12(15)11(14)9-10/h2,4-5,9H,1,3,6-8H2,(H,16,17). The van der Waals surface area contributed by atoms with E-state index in [9.17, 15) is 4.79 Å². The van der Waals surface area contributed by atoms with Gasteiger partial charge in [-0.15, -0.1) is 6.58 Å². The van der Waals surface area contributed by atoms with Crippen molar-refractivity contribution in [3.63, 3.8) is 0 Å². The molecule has 0 fully saturated rings. The van der Waals surface area contributed by atoms with Crippen molar-refractivity contribution >= 4 is 40.1 Å². The number of nitrogens with one attached hydrogen (secondary N) is 1. The monoisotopic (exact) mass is 379 g/mol. The molecule has 0 radical (unpaired) electrons. The fraction of sp³-hybridized carbons (Fsp3) is 0.308. The second kappa shape index (κ2) is 8.50. The minimum absolute atomic E-state index is 0.138. The van der Waals surface area contributed by atoms with Crippen LogP contribution in [0.15, 0.2) is 30.9 Å². The van der Waals surface area contributed by atoms with Crippen molar-refractivity contribution in [2.24, 2.45) is 0 Å². The van der Waals surface area contributed by atoms with Crippen molar-refractivity contribution in [1.82, 2.24) is 5.32 Å². The lowest BCUT2D eigenvalue weighted by atomic mass is 10.2. The summed E-state index contributed by atoms with van der Waals surface area (Å²) in [6.07, 6.45) is 2.62. The van der Waals surface area contributed by atoms with E-state index in [0.29, 0.717) is 30.3 Å². The zero-order valence-corrected chi connectivity index (χ0v) is 12.8. The van der Waals surface area contributed by atoms with E-state index in [1.165, 1.54) is 0 Å². The number of rotatable bonds is 7. The third kappa shape index (κ3) is 5.37. The van der Waals surface area contributed by atoms with Gasteiger partial charge in [0.25, 0.3) is 5.91 Å². The van der Waals surface area contributed by atoms with Crippen LogP contribution < -0.4 is 5.32 Å². The van der Waals surface area contributed by atoms with Crippen LogP contribution in [0.1, 0.15) is 16.8 Å². The van der Waals surface area contributed by atoms with Crippen molar-refractivity contribution in [2.75, 3.05) is 19.8 Å². The third-order valence-electron chi connectivity index (χ3n) is 2.18. The van der Waals surface area contributed by atoms with Crippen LogP contribution in [0.2, 0.25) is 5.02 Å². The lowest BCUT2D eigenvalue weighted by Crippen LogP contribution is -2.27. The molecule has 1 rings (SSSR count). The van der Waals surface area contributed by atoms with Gasteiger partial charge in [-0.2, -0.15) is 0 Å². The fourth-order valence-corrected chi connectivity index (χ4v) is 1.76. The van der Waals surface area contributed by atoms with Gasteiger partial charge < -0.3 is 10.1 Å². The highest BCUT2D eigenvalue weighted by atomic mass is 127. The van der Waals surface area contributed by atoms with E-state index >= 15 is 0 Å². The van der Waals surface area contributed by atoms with Gasteiger partial charge in [0.1, 0.15) is 0 Å². The summed E-state index contributed by atoms with van der Waals surface area (Å²) in [4.78, 5) is 11.8. The second-order valence-electron chi connectivity index (χ2n) is 3.57. The first-order valence-electron chi connectivity index (χ1n) is 5.57. The fourth-order valence-electron chi connectivity index (χ4n) is 1.24. The summed E-state index contributed by atoms with van der Waals surface area (Å²) < 4.78 is 6.22. The Kier molecular flexibility index (Phi) is 7.31. The van der Waals surface area contributed by atoms with Crippen LogP contribution in [0, 0.1) is 3.57 Å². The highest BCUT2D eigenvalue weighted by molar-refractivity contribution is 14.1. The predicted molar refractivity (Wildman–Crippen MR) is 82.1 cm³/mol. The largest absolute Gasteiger partial charge is 0.379 e. The Balaban J connectivity index is 2.32. The summed E-state index contributed by atoms with van der Waals surface area (Å²) in [5.74, 6) is -0.138. The van der Waals surface area contributed by atoms with Crippen molar-refractivity contribution in [2.45, 2.75) is 6.42 Å². The Morgan fingerprint density at radius 1 is 1.50 bits per heavy atom. The van der Waals surface area contributed by atoms with Gasteiger partial charge in [-0.3, -0.25) is 4.79 Å². The normalized spacial score (nSPS) is 10.1. The van der Waals surface area contributed by atoms with E-state index < -0.39 is 0 Å². The highest BCUT2D eigenvalue weighted by Crippen LogP contribution is 2.19. The van der Waals surface area contributed by atoms with E-state index in [1.54, 1.807) is 18.2 Å². The molecule has 18 heavy (non-hydrogen) atoms. The first kappa shape index (κ1) is 15.5. The molecule has 98 valence electrons. The summed E-state index contributed by atoms with van der Waals surface area (Å²) >= 11 is 8.08. The molecule has 0 spiro atoms. The molecular formula is C13H15ClINO2. The van der Waals surface area contributed by atoms with Gasteiger partial charge in [-0.25, -0.2) is 0 Å². The summed E-state index contributed by atoms with van der Waals surface area (Å²) in [5, 5.41) is 3.36. The average Bonchev–Trinajstić information content (AvgIpc) is 2.36. The van der Waals surface area contributed by atoms with Gasteiger partial charge in [0.2, 0.25) is 0 Å². The van der Waals surface area contributed by atoms with Crippen molar-refractivity contribution in [1.29, 1.82) is 0 Å². The molecule has 0 saturated carbocycles. The van der Waals surface area contributed by atoms with E-state index in [2.05, 4.69) is 34.5 Å². The molecule has 0 saturated heterocycles. The molecule has 1 amide bonds. The van der Waals surface area contributed by atoms with Gasteiger partial charge in [0, 0.05) is 15.7 Å². The van der Waals surface area contributed by atoms with Crippen LogP contribution in [0.5, 0.6) is 0 Å². The van der Waals surface area contributed by atoms with Crippen LogP contribution >= 0.6 is 34.2 Å². The lowest BCUT2D eigenvalue weighted by Gasteiger charge is -2.06. The zero-order chi connectivity index (χ0) is 13.4. The molecule has 0 aliphatic heterocycles. The maximum absolute atomic E-state index is 11.8. The number of amides is 1. The van der Waals surface area contributed by atoms with Crippen LogP contribution in [0.4, 0.5) is 0 Å². The Morgan fingerprint density at radius 2 is 2.28 bits per heavy atom. The maximum atomic E-state index is 11.8. The van der Waals surface area contributed by atoms with Crippen LogP contribution in [-0.4, -0.2) is 25.7 Å². The minimum atomic E-state index is -0.138. The molecule has 1 aromatic carbocycles. The van der Waals surface area contributed by atoms with E-state index in [1.807, 2.05) is 6.07 Å². The summed E-state index contributed by atoms with van der Waals surface area (Å²) in [7, 11) is 0. The zero-order valence-electron chi connectivity index (χ0n) is 9.92. The molecule has 5 heteroatoms. The Hall–Kier alpha value is -0.590. The molecule has 0 atom stereocenters. The maximum Gasteiger partial charge on any atom is 0.251 e. The number of hydrogen-bond acceptors (Lipinski definition) is 2. The molecule has 0 aliphatic rings. The van der Waals surface area contributed by atoms with Crippen LogP contribution in [-0.2, 0) is 4.74 Å². The number of ether oxygens (including phenoxy) is 1. The SMILES string of the molecule is C=CCCOCCNC(=O)c1ccc(I)c(Cl)c1. The Bertz CT molecular complexity index is 423. The van der Waals surface area contributed by atoms with Crippen molar-refractivity contribution in [3.8, 4) is 0 Å². The van der Waals surface area contributed by atoms with Gasteiger partial charge in [0.05, 0.1) is 18.2 Å². The number of halogens is 2. The average molecular weight is 380 g/mol. The predicted octanol–water partition coefficient (Wildman–Crippen LogP) is 3.27. The molecular weight excluding hydrogens is 365 g/mol. The molecule has 3 nitrogen and oxygen atoms in total. The second-order valence-corrected chi connectivity index (χ2v) is 5.14. The van der Waals surface area contributed by atoms with Gasteiger partial charge in [0.15, 0.2) is 0 Å². The van der Waals surface area contributed by atoms with Crippen LogP contribution in [0.25, 0.3) is 0 Å². The van der Waals surface area contributed by atoms with Crippen molar-refractivity contribution in [3.05, 3.63) is 45.0 Å². The molecule has 1 aromatic rings. The van der Waals surface area contributed by atoms with E-state index in [-0.39, 0.29) is 5.91 Å². The number of benzene rings is 1. The topological polar surface area (TPSA) is 38.3 Å². The van der Waals surface area contributed by atoms with Crippen molar-refractivity contribution < 1.29 is 9.53 Å². The summed E-state index contributed by atoms with van der Waals surface area (Å²) in [6, 6.07) is 5.23. The first-order chi connectivity index (χ1) is 8.65. The third-order valence-corrected chi connectivity index (χ3v) is 3.75. The summed E-state index contributed by atoms with van der Waals surface area (Å²) in [5.41, 5.74) is 0.562. The number of hydrogen-bond donors (Lipinski definition) is 1. The smallest absolute Gasteiger partial charge is 0.251 e. The molecule has 1 N–H and O–H groups in total. The highest BCUT2D eigenvalue weighted by Gasteiger charge is 2.06. The van der Waals surface area contributed by atoms with Gasteiger partial charge in [-0.05, 0) is 47.2 Å². The number of carbonyl (C=O) groups excluding carboxylic acids is 1. The molecule has 0 aromatic heterocycles. The summed E-state index contributed by atoms with van der Waals surface area (Å²) in [6.45, 7) is 5.22.